The van der Waals surface area contributed by atoms with Gasteiger partial charge in [0.05, 0.1) is 12.4 Å². The van der Waals surface area contributed by atoms with Gasteiger partial charge < -0.3 is 4.74 Å². The Bertz CT molecular complexity index is 186. The predicted octanol–water partition coefficient (Wildman–Crippen LogP) is 4.29. The van der Waals surface area contributed by atoms with Gasteiger partial charge in [0.2, 0.25) is 0 Å². The zero-order valence-electron chi connectivity index (χ0n) is 9.79. The second kappa shape index (κ2) is 5.58. The third kappa shape index (κ3) is 2.99. The van der Waals surface area contributed by atoms with Gasteiger partial charge in [-0.25, -0.2) is 0 Å². The van der Waals surface area contributed by atoms with E-state index in [9.17, 15) is 0 Å². The maximum absolute atomic E-state index is 5.48. The van der Waals surface area contributed by atoms with Crippen molar-refractivity contribution in [1.82, 2.24) is 0 Å². The number of rotatable bonds is 3. The molecule has 0 aromatic rings. The summed E-state index contributed by atoms with van der Waals surface area (Å²) in [5, 5.41) is 0. The van der Waals surface area contributed by atoms with Gasteiger partial charge in [0.15, 0.2) is 0 Å². The molecule has 0 spiro atoms. The standard InChI is InChI=1S/C14H24O/c1-2-15-14-10-8-13(9-11-14)12-6-4-3-5-7-12/h2,12-14H,1,3-11H2. The van der Waals surface area contributed by atoms with Crippen LogP contribution in [0.25, 0.3) is 0 Å². The van der Waals surface area contributed by atoms with Crippen molar-refractivity contribution in [2.75, 3.05) is 0 Å². The van der Waals surface area contributed by atoms with Crippen LogP contribution in [0.15, 0.2) is 12.8 Å². The lowest BCUT2D eigenvalue weighted by Gasteiger charge is -2.35. The molecule has 0 atom stereocenters. The van der Waals surface area contributed by atoms with Crippen molar-refractivity contribution in [2.45, 2.75) is 63.9 Å². The minimum absolute atomic E-state index is 0.474. The van der Waals surface area contributed by atoms with Crippen LogP contribution < -0.4 is 0 Å². The normalized spacial score (nSPS) is 33.6. The first kappa shape index (κ1) is 11.0. The highest BCUT2D eigenvalue weighted by Crippen LogP contribution is 2.38. The second-order valence-corrected chi connectivity index (χ2v) is 5.24. The molecule has 2 fully saturated rings. The summed E-state index contributed by atoms with van der Waals surface area (Å²) in [4.78, 5) is 0. The molecule has 0 amide bonds. The fraction of sp³-hybridized carbons (Fsp3) is 0.857. The van der Waals surface area contributed by atoms with E-state index in [1.165, 1.54) is 57.8 Å². The molecule has 1 heteroatoms. The van der Waals surface area contributed by atoms with Crippen LogP contribution >= 0.6 is 0 Å². The van der Waals surface area contributed by atoms with Crippen LogP contribution in [-0.2, 0) is 4.74 Å². The van der Waals surface area contributed by atoms with E-state index in [4.69, 9.17) is 4.74 Å². The van der Waals surface area contributed by atoms with Crippen molar-refractivity contribution < 1.29 is 4.74 Å². The fourth-order valence-electron chi connectivity index (χ4n) is 3.44. The molecule has 0 unspecified atom stereocenters. The van der Waals surface area contributed by atoms with Gasteiger partial charge in [-0.3, -0.25) is 0 Å². The molecular formula is C14H24O. The maximum Gasteiger partial charge on any atom is 0.0978 e. The summed E-state index contributed by atoms with van der Waals surface area (Å²) >= 11 is 0. The quantitative estimate of drug-likeness (QED) is 0.629. The lowest BCUT2D eigenvalue weighted by Crippen LogP contribution is -2.26. The van der Waals surface area contributed by atoms with Gasteiger partial charge in [-0.1, -0.05) is 38.7 Å². The molecule has 0 bridgehead atoms. The van der Waals surface area contributed by atoms with E-state index in [1.807, 2.05) is 0 Å². The molecule has 0 aliphatic heterocycles. The van der Waals surface area contributed by atoms with Gasteiger partial charge in [-0.05, 0) is 37.5 Å². The zero-order chi connectivity index (χ0) is 10.5. The zero-order valence-corrected chi connectivity index (χ0v) is 9.79. The molecule has 0 heterocycles. The highest BCUT2D eigenvalue weighted by atomic mass is 16.5. The summed E-state index contributed by atoms with van der Waals surface area (Å²) in [6, 6.07) is 0. The van der Waals surface area contributed by atoms with Gasteiger partial charge in [0.25, 0.3) is 0 Å². The molecule has 2 aliphatic rings. The molecule has 15 heavy (non-hydrogen) atoms. The average Bonchev–Trinajstić information content (AvgIpc) is 2.32. The molecule has 0 aromatic carbocycles. The van der Waals surface area contributed by atoms with Gasteiger partial charge in [-0.2, -0.15) is 0 Å². The first-order chi connectivity index (χ1) is 7.40. The summed E-state index contributed by atoms with van der Waals surface area (Å²) in [7, 11) is 0. The van der Waals surface area contributed by atoms with Gasteiger partial charge in [0.1, 0.15) is 0 Å². The molecule has 2 rings (SSSR count). The SMILES string of the molecule is C=COC1CCC(C2CCCCC2)CC1. The Hall–Kier alpha value is -0.460. The van der Waals surface area contributed by atoms with Crippen molar-refractivity contribution in [3.63, 3.8) is 0 Å². The predicted molar refractivity (Wildman–Crippen MR) is 63.6 cm³/mol. The highest BCUT2D eigenvalue weighted by Gasteiger charge is 2.28. The Kier molecular flexibility index (Phi) is 4.10. The minimum Gasteiger partial charge on any atom is -0.499 e. The summed E-state index contributed by atoms with van der Waals surface area (Å²) in [5.41, 5.74) is 0. The topological polar surface area (TPSA) is 9.23 Å². The molecule has 2 saturated carbocycles. The summed E-state index contributed by atoms with van der Waals surface area (Å²) in [6.07, 6.45) is 14.8. The molecule has 0 saturated heterocycles. The Labute approximate surface area is 93.9 Å². The second-order valence-electron chi connectivity index (χ2n) is 5.24. The highest BCUT2D eigenvalue weighted by molar-refractivity contribution is 4.80. The maximum atomic E-state index is 5.48. The van der Waals surface area contributed by atoms with Crippen molar-refractivity contribution in [2.24, 2.45) is 11.8 Å². The van der Waals surface area contributed by atoms with Crippen molar-refractivity contribution in [3.8, 4) is 0 Å². The Balaban J connectivity index is 1.74. The van der Waals surface area contributed by atoms with Crippen LogP contribution in [0.2, 0.25) is 0 Å². The van der Waals surface area contributed by atoms with Crippen LogP contribution in [0.3, 0.4) is 0 Å². The molecule has 86 valence electrons. The largest absolute Gasteiger partial charge is 0.499 e. The van der Waals surface area contributed by atoms with Gasteiger partial charge in [-0.15, -0.1) is 0 Å². The van der Waals surface area contributed by atoms with Gasteiger partial charge >= 0.3 is 0 Å². The smallest absolute Gasteiger partial charge is 0.0978 e. The van der Waals surface area contributed by atoms with E-state index in [2.05, 4.69) is 6.58 Å². The van der Waals surface area contributed by atoms with Crippen molar-refractivity contribution in [3.05, 3.63) is 12.8 Å². The average molecular weight is 208 g/mol. The number of hydrogen-bond acceptors (Lipinski definition) is 1. The molecule has 1 nitrogen and oxygen atoms in total. The van der Waals surface area contributed by atoms with Crippen molar-refractivity contribution >= 4 is 0 Å². The third-order valence-corrected chi connectivity index (χ3v) is 4.32. The first-order valence-corrected chi connectivity index (χ1v) is 6.66. The van der Waals surface area contributed by atoms with E-state index in [-0.39, 0.29) is 0 Å². The lowest BCUT2D eigenvalue weighted by molar-refractivity contribution is 0.0679. The van der Waals surface area contributed by atoms with Crippen LogP contribution in [0.4, 0.5) is 0 Å². The molecule has 0 aromatic heterocycles. The van der Waals surface area contributed by atoms with E-state index >= 15 is 0 Å². The molecule has 0 radical (unpaired) electrons. The number of ether oxygens (including phenoxy) is 1. The van der Waals surface area contributed by atoms with E-state index in [1.54, 1.807) is 6.26 Å². The minimum atomic E-state index is 0.474. The van der Waals surface area contributed by atoms with Crippen molar-refractivity contribution in [1.29, 1.82) is 0 Å². The molecule has 2 aliphatic carbocycles. The molecular weight excluding hydrogens is 184 g/mol. The third-order valence-electron chi connectivity index (χ3n) is 4.32. The number of hydrogen-bond donors (Lipinski definition) is 0. The van der Waals surface area contributed by atoms with Crippen LogP contribution in [-0.4, -0.2) is 6.10 Å². The van der Waals surface area contributed by atoms with Crippen LogP contribution in [0.1, 0.15) is 57.8 Å². The van der Waals surface area contributed by atoms with E-state index in [0.29, 0.717) is 6.10 Å². The first-order valence-electron chi connectivity index (χ1n) is 6.66. The van der Waals surface area contributed by atoms with E-state index < -0.39 is 0 Å². The fourth-order valence-corrected chi connectivity index (χ4v) is 3.44. The van der Waals surface area contributed by atoms with E-state index in [0.717, 1.165) is 11.8 Å². The Morgan fingerprint density at radius 1 is 0.800 bits per heavy atom. The van der Waals surface area contributed by atoms with Crippen LogP contribution in [0, 0.1) is 11.8 Å². The molecule has 0 N–H and O–H groups in total. The Morgan fingerprint density at radius 2 is 1.40 bits per heavy atom. The lowest BCUT2D eigenvalue weighted by atomic mass is 9.73. The Morgan fingerprint density at radius 3 is 2.00 bits per heavy atom. The van der Waals surface area contributed by atoms with Crippen LogP contribution in [0.5, 0.6) is 0 Å². The summed E-state index contributed by atoms with van der Waals surface area (Å²) in [5.74, 6) is 2.05. The van der Waals surface area contributed by atoms with Gasteiger partial charge in [0, 0.05) is 0 Å². The monoisotopic (exact) mass is 208 g/mol. The summed E-state index contributed by atoms with van der Waals surface area (Å²) < 4.78 is 5.48. The summed E-state index contributed by atoms with van der Waals surface area (Å²) in [6.45, 7) is 3.64.